The lowest BCUT2D eigenvalue weighted by Gasteiger charge is -2.04. The molecule has 3 nitrogen and oxygen atoms in total. The van der Waals surface area contributed by atoms with Crippen molar-refractivity contribution in [1.82, 2.24) is 0 Å². The summed E-state index contributed by atoms with van der Waals surface area (Å²) < 4.78 is 4.72. The molecular weight excluding hydrogens is 198 g/mol. The first-order valence-electron chi connectivity index (χ1n) is 3.96. The van der Waals surface area contributed by atoms with Gasteiger partial charge in [0.15, 0.2) is 6.10 Å². The molecule has 2 N–H and O–H groups in total. The molecule has 1 unspecified atom stereocenters. The minimum Gasteiger partial charge on any atom is -0.429 e. The first-order chi connectivity index (χ1) is 6.79. The molecule has 0 radical (unpaired) electrons. The molecule has 1 aliphatic heterocycles. The number of carbonyl (C=O) groups is 1. The van der Waals surface area contributed by atoms with Gasteiger partial charge in [-0.3, -0.25) is 0 Å². The summed E-state index contributed by atoms with van der Waals surface area (Å²) in [6.45, 7) is 0. The molecule has 14 heavy (non-hydrogen) atoms. The number of primary amides is 1. The van der Waals surface area contributed by atoms with Crippen LogP contribution in [-0.4, -0.2) is 23.7 Å². The zero-order chi connectivity index (χ0) is 10.2. The van der Waals surface area contributed by atoms with Crippen LogP contribution in [0.1, 0.15) is 0 Å². The molecule has 1 rings (SSSR count). The number of ether oxygens (including phenoxy) is 1. The summed E-state index contributed by atoms with van der Waals surface area (Å²) in [6, 6.07) is 0. The van der Waals surface area contributed by atoms with Crippen molar-refractivity contribution >= 4 is 17.9 Å². The maximum absolute atomic E-state index is 10.5. The van der Waals surface area contributed by atoms with Gasteiger partial charge < -0.3 is 10.5 Å². The third kappa shape index (κ3) is 4.49. The zero-order valence-corrected chi connectivity index (χ0v) is 8.26. The van der Waals surface area contributed by atoms with Crippen molar-refractivity contribution in [3.05, 3.63) is 12.2 Å². The molecule has 0 aliphatic carbocycles. The quantitative estimate of drug-likeness (QED) is 0.646. The largest absolute Gasteiger partial charge is 0.429 e. The predicted octanol–water partition coefficient (Wildman–Crippen LogP) is 0.760. The van der Waals surface area contributed by atoms with Crippen molar-refractivity contribution in [1.29, 1.82) is 0 Å². The third-order valence-corrected chi connectivity index (χ3v) is 1.99. The average Bonchev–Trinajstić information content (AvgIpc) is 2.15. The van der Waals surface area contributed by atoms with Gasteiger partial charge in [0.05, 0.1) is 11.5 Å². The number of amides is 1. The van der Waals surface area contributed by atoms with E-state index in [-0.39, 0.29) is 0 Å². The number of hydrogen-bond acceptors (Lipinski definition) is 3. The normalized spacial score (nSPS) is 21.9. The van der Waals surface area contributed by atoms with Crippen LogP contribution in [0.2, 0.25) is 0 Å². The highest BCUT2D eigenvalue weighted by Gasteiger charge is 2.03. The van der Waals surface area contributed by atoms with E-state index in [1.807, 2.05) is 0 Å². The minimum absolute atomic E-state index is 0.583. The molecule has 0 aromatic heterocycles. The second kappa shape index (κ2) is 6.01. The van der Waals surface area contributed by atoms with Crippen LogP contribution in [0, 0.1) is 23.7 Å². The Kier molecular flexibility index (Phi) is 4.54. The molecule has 72 valence electrons. The SMILES string of the molecule is NC(=O)OC1C#CCSCC#C/C=C\1. The second-order valence-corrected chi connectivity index (χ2v) is 3.34. The summed E-state index contributed by atoms with van der Waals surface area (Å²) >= 11 is 1.62. The van der Waals surface area contributed by atoms with Crippen molar-refractivity contribution in [2.75, 3.05) is 11.5 Å². The molecule has 0 bridgehead atoms. The van der Waals surface area contributed by atoms with E-state index < -0.39 is 12.2 Å². The Bertz CT molecular complexity index is 354. The molecule has 1 aliphatic rings. The third-order valence-electron chi connectivity index (χ3n) is 1.29. The number of hydrogen-bond donors (Lipinski definition) is 1. The predicted molar refractivity (Wildman–Crippen MR) is 56.5 cm³/mol. The van der Waals surface area contributed by atoms with E-state index in [0.717, 1.165) is 5.75 Å². The monoisotopic (exact) mass is 207 g/mol. The molecule has 0 aromatic rings. The van der Waals surface area contributed by atoms with Gasteiger partial charge in [0.1, 0.15) is 0 Å². The van der Waals surface area contributed by atoms with Gasteiger partial charge in [0.25, 0.3) is 0 Å². The van der Waals surface area contributed by atoms with Crippen LogP contribution in [0.5, 0.6) is 0 Å². The molecular formula is C10H9NO2S. The van der Waals surface area contributed by atoms with Crippen LogP contribution >= 0.6 is 11.8 Å². The Balaban J connectivity index is 2.66. The minimum atomic E-state index is -0.827. The lowest BCUT2D eigenvalue weighted by molar-refractivity contribution is 0.150. The summed E-state index contributed by atoms with van der Waals surface area (Å²) in [4.78, 5) is 10.5. The van der Waals surface area contributed by atoms with E-state index in [1.54, 1.807) is 23.9 Å². The van der Waals surface area contributed by atoms with Crippen LogP contribution in [0.4, 0.5) is 4.79 Å². The Morgan fingerprint density at radius 2 is 2.29 bits per heavy atom. The number of allylic oxidation sites excluding steroid dienone is 1. The average molecular weight is 207 g/mol. The summed E-state index contributed by atoms with van der Waals surface area (Å²) in [5, 5.41) is 0. The van der Waals surface area contributed by atoms with Gasteiger partial charge in [-0.15, -0.1) is 11.8 Å². The van der Waals surface area contributed by atoms with Gasteiger partial charge in [-0.25, -0.2) is 4.79 Å². The number of thioether (sulfide) groups is 1. The standard InChI is InChI=1S/C10H9NO2S/c11-10(12)13-9-5-2-1-3-7-14-8-4-6-9/h2,5,9H,7-8H2,(H2,11,12)/b5-2-. The maximum atomic E-state index is 10.5. The molecule has 4 heteroatoms. The molecule has 0 saturated heterocycles. The van der Waals surface area contributed by atoms with Crippen molar-refractivity contribution in [2.45, 2.75) is 6.10 Å². The second-order valence-electron chi connectivity index (χ2n) is 2.35. The number of nitrogens with two attached hydrogens (primary N) is 1. The van der Waals surface area contributed by atoms with Crippen LogP contribution in [-0.2, 0) is 4.74 Å². The lowest BCUT2D eigenvalue weighted by atomic mass is 10.3. The van der Waals surface area contributed by atoms with Gasteiger partial charge in [0, 0.05) is 0 Å². The molecule has 0 spiro atoms. The fourth-order valence-electron chi connectivity index (χ4n) is 0.773. The van der Waals surface area contributed by atoms with Crippen LogP contribution in [0.25, 0.3) is 0 Å². The maximum Gasteiger partial charge on any atom is 0.406 e. The highest BCUT2D eigenvalue weighted by molar-refractivity contribution is 7.99. The van der Waals surface area contributed by atoms with Crippen LogP contribution < -0.4 is 5.73 Å². The molecule has 1 heterocycles. The summed E-state index contributed by atoms with van der Waals surface area (Å²) in [6.07, 6.45) is 1.82. The molecule has 1 atom stereocenters. The van der Waals surface area contributed by atoms with Crippen molar-refractivity contribution in [3.8, 4) is 23.7 Å². The Morgan fingerprint density at radius 1 is 1.50 bits per heavy atom. The van der Waals surface area contributed by atoms with E-state index >= 15 is 0 Å². The van der Waals surface area contributed by atoms with Crippen molar-refractivity contribution in [2.24, 2.45) is 5.73 Å². The lowest BCUT2D eigenvalue weighted by Crippen LogP contribution is -2.20. The van der Waals surface area contributed by atoms with Gasteiger partial charge >= 0.3 is 6.09 Å². The van der Waals surface area contributed by atoms with Gasteiger partial charge in [-0.1, -0.05) is 23.7 Å². The summed E-state index contributed by atoms with van der Waals surface area (Å²) in [7, 11) is 0. The zero-order valence-electron chi connectivity index (χ0n) is 7.45. The first-order valence-corrected chi connectivity index (χ1v) is 5.12. The van der Waals surface area contributed by atoms with Gasteiger partial charge in [0.2, 0.25) is 0 Å². The molecule has 0 saturated carbocycles. The Labute approximate surface area is 87.1 Å². The fraction of sp³-hybridized carbons (Fsp3) is 0.300. The molecule has 0 aromatic carbocycles. The number of rotatable bonds is 1. The smallest absolute Gasteiger partial charge is 0.406 e. The van der Waals surface area contributed by atoms with Crippen LogP contribution in [0.15, 0.2) is 12.2 Å². The van der Waals surface area contributed by atoms with Crippen molar-refractivity contribution < 1.29 is 9.53 Å². The van der Waals surface area contributed by atoms with E-state index in [2.05, 4.69) is 23.7 Å². The molecule has 0 fully saturated rings. The summed E-state index contributed by atoms with van der Waals surface area (Å²) in [5.74, 6) is 12.8. The fourth-order valence-corrected chi connectivity index (χ4v) is 1.25. The van der Waals surface area contributed by atoms with Gasteiger partial charge in [-0.2, -0.15) is 0 Å². The molecule has 1 amide bonds. The number of carbonyl (C=O) groups excluding carboxylic acids is 1. The summed E-state index contributed by atoms with van der Waals surface area (Å²) in [5.41, 5.74) is 4.88. The topological polar surface area (TPSA) is 52.3 Å². The van der Waals surface area contributed by atoms with E-state index in [0.29, 0.717) is 5.75 Å². The van der Waals surface area contributed by atoms with Crippen molar-refractivity contribution in [3.63, 3.8) is 0 Å². The van der Waals surface area contributed by atoms with E-state index in [9.17, 15) is 4.79 Å². The Hall–Kier alpha value is -1.52. The van der Waals surface area contributed by atoms with Crippen LogP contribution in [0.3, 0.4) is 0 Å². The Morgan fingerprint density at radius 3 is 3.07 bits per heavy atom. The van der Waals surface area contributed by atoms with E-state index in [1.165, 1.54) is 0 Å². The van der Waals surface area contributed by atoms with Gasteiger partial charge in [-0.05, 0) is 12.2 Å². The van der Waals surface area contributed by atoms with E-state index in [4.69, 9.17) is 10.5 Å². The highest BCUT2D eigenvalue weighted by Crippen LogP contribution is 1.99. The highest BCUT2D eigenvalue weighted by atomic mass is 32.2. The first kappa shape index (κ1) is 10.6.